The van der Waals surface area contributed by atoms with Crippen molar-refractivity contribution in [1.29, 1.82) is 0 Å². The van der Waals surface area contributed by atoms with Crippen LogP contribution < -0.4 is 0 Å². The summed E-state index contributed by atoms with van der Waals surface area (Å²) < 4.78 is 0. The molecule has 0 aliphatic carbocycles. The van der Waals surface area contributed by atoms with Gasteiger partial charge in [-0.3, -0.25) is 4.98 Å². The van der Waals surface area contributed by atoms with Crippen molar-refractivity contribution in [3.63, 3.8) is 0 Å². The van der Waals surface area contributed by atoms with Crippen molar-refractivity contribution in [1.82, 2.24) is 14.9 Å². The highest BCUT2D eigenvalue weighted by atomic mass is 16.3. The Bertz CT molecular complexity index is 1040. The molecule has 2 N–H and O–H groups in total. The van der Waals surface area contributed by atoms with Crippen LogP contribution in [0.5, 0.6) is 0 Å². The fourth-order valence-corrected chi connectivity index (χ4v) is 5.05. The Morgan fingerprint density at radius 3 is 2.19 bits per heavy atom. The van der Waals surface area contributed by atoms with Crippen molar-refractivity contribution < 1.29 is 5.11 Å². The first kappa shape index (κ1) is 21.8. The predicted molar refractivity (Wildman–Crippen MR) is 127 cm³/mol. The molecular formula is C27H35N3O. The van der Waals surface area contributed by atoms with Gasteiger partial charge >= 0.3 is 0 Å². The highest BCUT2D eigenvalue weighted by molar-refractivity contribution is 5.64. The second kappa shape index (κ2) is 7.92. The summed E-state index contributed by atoms with van der Waals surface area (Å²) in [5.41, 5.74) is 4.99. The van der Waals surface area contributed by atoms with Gasteiger partial charge in [-0.25, -0.2) is 0 Å². The average Bonchev–Trinajstić information content (AvgIpc) is 3.23. The van der Waals surface area contributed by atoms with Gasteiger partial charge in [-0.2, -0.15) is 0 Å². The van der Waals surface area contributed by atoms with Gasteiger partial charge in [0.1, 0.15) is 5.60 Å². The molecule has 164 valence electrons. The molecule has 31 heavy (non-hydrogen) atoms. The minimum atomic E-state index is -1.12. The molecule has 4 rings (SSSR count). The van der Waals surface area contributed by atoms with Gasteiger partial charge in [-0.15, -0.1) is 0 Å². The first-order valence-corrected chi connectivity index (χ1v) is 11.3. The van der Waals surface area contributed by atoms with Crippen LogP contribution in [0.2, 0.25) is 0 Å². The Hall–Kier alpha value is -2.43. The van der Waals surface area contributed by atoms with Crippen LogP contribution in [0.25, 0.3) is 11.1 Å². The van der Waals surface area contributed by atoms with Crippen molar-refractivity contribution >= 4 is 0 Å². The predicted octanol–water partition coefficient (Wildman–Crippen LogP) is 5.51. The molecule has 0 amide bonds. The number of aromatic amines is 1. The molecule has 1 aliphatic heterocycles. The Balaban J connectivity index is 1.81. The number of likely N-dealkylation sites (tertiary alicyclic amines) is 1. The molecule has 4 heteroatoms. The van der Waals surface area contributed by atoms with Gasteiger partial charge in [0.25, 0.3) is 0 Å². The molecular weight excluding hydrogens is 382 g/mol. The van der Waals surface area contributed by atoms with Crippen molar-refractivity contribution in [2.75, 3.05) is 20.1 Å². The second-order valence-corrected chi connectivity index (χ2v) is 10.2. The number of benzene rings is 1. The first-order chi connectivity index (χ1) is 14.6. The zero-order valence-electron chi connectivity index (χ0n) is 19.6. The van der Waals surface area contributed by atoms with Gasteiger partial charge < -0.3 is 15.0 Å². The molecule has 1 fully saturated rings. The topological polar surface area (TPSA) is 52.2 Å². The zero-order chi connectivity index (χ0) is 22.4. The Morgan fingerprint density at radius 2 is 1.65 bits per heavy atom. The number of aliphatic hydroxyl groups is 1. The van der Waals surface area contributed by atoms with Crippen LogP contribution in [-0.4, -0.2) is 40.1 Å². The third-order valence-electron chi connectivity index (χ3n) is 6.92. The molecule has 0 radical (unpaired) electrons. The number of H-pyrrole nitrogens is 1. The molecule has 3 heterocycles. The lowest BCUT2D eigenvalue weighted by Gasteiger charge is -2.55. The maximum absolute atomic E-state index is 12.4. The zero-order valence-corrected chi connectivity index (χ0v) is 19.6. The molecule has 1 atom stereocenters. The summed E-state index contributed by atoms with van der Waals surface area (Å²) in [6.45, 7) is 12.6. The average molecular weight is 418 g/mol. The van der Waals surface area contributed by atoms with Crippen LogP contribution in [0.4, 0.5) is 0 Å². The van der Waals surface area contributed by atoms with Gasteiger partial charge in [0.2, 0.25) is 0 Å². The van der Waals surface area contributed by atoms with E-state index in [1.54, 1.807) is 0 Å². The van der Waals surface area contributed by atoms with E-state index in [-0.39, 0.29) is 5.41 Å². The minimum Gasteiger partial charge on any atom is -0.380 e. The maximum Gasteiger partial charge on any atom is 0.124 e. The largest absolute Gasteiger partial charge is 0.380 e. The van der Waals surface area contributed by atoms with E-state index in [0.717, 1.165) is 35.3 Å². The number of nitrogens with one attached hydrogen (secondary N) is 1. The van der Waals surface area contributed by atoms with E-state index in [9.17, 15) is 5.11 Å². The Kier molecular flexibility index (Phi) is 5.57. The molecule has 1 saturated heterocycles. The fourth-order valence-electron chi connectivity index (χ4n) is 5.05. The third-order valence-corrected chi connectivity index (χ3v) is 6.92. The molecule has 0 saturated carbocycles. The summed E-state index contributed by atoms with van der Waals surface area (Å²) >= 11 is 0. The van der Waals surface area contributed by atoms with E-state index in [1.165, 1.54) is 11.3 Å². The van der Waals surface area contributed by atoms with Crippen LogP contribution >= 0.6 is 0 Å². The molecule has 3 aromatic rings. The minimum absolute atomic E-state index is 0.289. The standard InChI is InChI=1S/C27H35N3O/c1-18(2)20-7-9-23(10-8-20)27(31,26(5)16-30(6)17-26)24-11-21(13-28-15-24)22-12-25(19(3)4)29-14-22/h7-15,18-19,29,31H,16-17H2,1-6H3/t27-/m0/s1. The highest BCUT2D eigenvalue weighted by Gasteiger charge is 2.55. The third kappa shape index (κ3) is 3.72. The van der Waals surface area contributed by atoms with Crippen molar-refractivity contribution in [2.24, 2.45) is 5.41 Å². The number of rotatable bonds is 6. The van der Waals surface area contributed by atoms with Crippen molar-refractivity contribution in [3.05, 3.63) is 77.4 Å². The van der Waals surface area contributed by atoms with E-state index in [1.807, 2.05) is 18.6 Å². The van der Waals surface area contributed by atoms with E-state index < -0.39 is 5.60 Å². The quantitative estimate of drug-likeness (QED) is 0.556. The molecule has 4 nitrogen and oxygen atoms in total. The maximum atomic E-state index is 12.4. The van der Waals surface area contributed by atoms with Crippen LogP contribution in [0, 0.1) is 5.41 Å². The Morgan fingerprint density at radius 1 is 0.968 bits per heavy atom. The van der Waals surface area contributed by atoms with Crippen LogP contribution in [0.3, 0.4) is 0 Å². The molecule has 0 spiro atoms. The SMILES string of the molecule is CC(C)c1ccc([C@](O)(c2cncc(-c3c[nH]c(C(C)C)c3)c2)C2(C)CN(C)C2)cc1. The van der Waals surface area contributed by atoms with Gasteiger partial charge in [-0.1, -0.05) is 58.9 Å². The monoisotopic (exact) mass is 417 g/mol. The smallest absolute Gasteiger partial charge is 0.124 e. The summed E-state index contributed by atoms with van der Waals surface area (Å²) in [7, 11) is 2.10. The van der Waals surface area contributed by atoms with E-state index in [4.69, 9.17) is 0 Å². The fraction of sp³-hybridized carbons (Fsp3) is 0.444. The second-order valence-electron chi connectivity index (χ2n) is 10.2. The lowest BCUT2D eigenvalue weighted by Crippen LogP contribution is -2.63. The first-order valence-electron chi connectivity index (χ1n) is 11.3. The lowest BCUT2D eigenvalue weighted by molar-refractivity contribution is -0.127. The summed E-state index contributed by atoms with van der Waals surface area (Å²) in [6, 6.07) is 12.8. The molecule has 1 aromatic carbocycles. The lowest BCUT2D eigenvalue weighted by atomic mass is 9.62. The van der Waals surface area contributed by atoms with Crippen molar-refractivity contribution in [2.45, 2.75) is 52.1 Å². The number of hydrogen-bond acceptors (Lipinski definition) is 3. The highest BCUT2D eigenvalue weighted by Crippen LogP contribution is 2.50. The van der Waals surface area contributed by atoms with Gasteiger partial charge in [0.05, 0.1) is 0 Å². The number of aromatic nitrogens is 2. The van der Waals surface area contributed by atoms with Crippen LogP contribution in [0.15, 0.2) is 55.0 Å². The van der Waals surface area contributed by atoms with Crippen LogP contribution in [0.1, 0.15) is 68.8 Å². The van der Waals surface area contributed by atoms with E-state index >= 15 is 0 Å². The number of nitrogens with zero attached hydrogens (tertiary/aromatic N) is 2. The van der Waals surface area contributed by atoms with Crippen LogP contribution in [-0.2, 0) is 5.60 Å². The summed E-state index contributed by atoms with van der Waals surface area (Å²) in [5.74, 6) is 0.895. The number of hydrogen-bond donors (Lipinski definition) is 2. The molecule has 1 aliphatic rings. The van der Waals surface area contributed by atoms with Crippen molar-refractivity contribution in [3.8, 4) is 11.1 Å². The van der Waals surface area contributed by atoms with E-state index in [0.29, 0.717) is 11.8 Å². The molecule has 0 unspecified atom stereocenters. The van der Waals surface area contributed by atoms with Gasteiger partial charge in [-0.05, 0) is 42.1 Å². The summed E-state index contributed by atoms with van der Waals surface area (Å²) in [6.07, 6.45) is 5.75. The van der Waals surface area contributed by atoms with Gasteiger partial charge in [0.15, 0.2) is 0 Å². The number of pyridine rings is 1. The van der Waals surface area contributed by atoms with Gasteiger partial charge in [0, 0.05) is 59.5 Å². The summed E-state index contributed by atoms with van der Waals surface area (Å²) in [5, 5.41) is 12.4. The summed E-state index contributed by atoms with van der Waals surface area (Å²) in [4.78, 5) is 10.2. The Labute approximate surface area is 186 Å². The normalized spacial score (nSPS) is 18.2. The molecule has 2 aromatic heterocycles. The molecule has 0 bridgehead atoms. The van der Waals surface area contributed by atoms with E-state index in [2.05, 4.69) is 92.9 Å².